The minimum atomic E-state index is -3.56. The summed E-state index contributed by atoms with van der Waals surface area (Å²) < 4.78 is 32.0. The van der Waals surface area contributed by atoms with Gasteiger partial charge in [0, 0.05) is 30.6 Å². The average molecular weight is 359 g/mol. The van der Waals surface area contributed by atoms with Crippen LogP contribution in [0.5, 0.6) is 0 Å². The normalized spacial score (nSPS) is 22.7. The molecule has 2 aromatic rings. The summed E-state index contributed by atoms with van der Waals surface area (Å²) in [6.45, 7) is 2.81. The number of piperidine rings is 1. The molecule has 1 aromatic carbocycles. The van der Waals surface area contributed by atoms with Gasteiger partial charge in [-0.3, -0.25) is 0 Å². The Kier molecular flexibility index (Phi) is 5.15. The van der Waals surface area contributed by atoms with Gasteiger partial charge in [-0.2, -0.15) is 4.31 Å². The summed E-state index contributed by atoms with van der Waals surface area (Å²) >= 11 is 0. The van der Waals surface area contributed by atoms with Crippen molar-refractivity contribution < 1.29 is 12.8 Å². The fourth-order valence-electron chi connectivity index (χ4n) is 2.70. The number of nitrogens with two attached hydrogens (primary N) is 1. The highest BCUT2D eigenvalue weighted by atomic mass is 35.5. The summed E-state index contributed by atoms with van der Waals surface area (Å²) in [4.78, 5) is 11.4. The van der Waals surface area contributed by atoms with Gasteiger partial charge in [0.1, 0.15) is 5.58 Å². The Bertz CT molecular complexity index is 865. The van der Waals surface area contributed by atoms with Crippen molar-refractivity contribution in [2.24, 2.45) is 11.7 Å². The molecule has 1 aromatic heterocycles. The van der Waals surface area contributed by atoms with Crippen LogP contribution in [-0.2, 0) is 10.0 Å². The zero-order valence-electron chi connectivity index (χ0n) is 12.6. The Morgan fingerprint density at radius 3 is 2.70 bits per heavy atom. The molecule has 0 aliphatic carbocycles. The van der Waals surface area contributed by atoms with Crippen molar-refractivity contribution in [1.29, 1.82) is 0 Å². The van der Waals surface area contributed by atoms with Gasteiger partial charge in [0.15, 0.2) is 0 Å². The smallest absolute Gasteiger partial charge is 0.336 e. The van der Waals surface area contributed by atoms with Crippen molar-refractivity contribution in [2.45, 2.75) is 24.3 Å². The number of hydrogen-bond acceptors (Lipinski definition) is 5. The second-order valence-corrected chi connectivity index (χ2v) is 7.68. The van der Waals surface area contributed by atoms with E-state index in [0.29, 0.717) is 30.5 Å². The fourth-order valence-corrected chi connectivity index (χ4v) is 4.29. The summed E-state index contributed by atoms with van der Waals surface area (Å²) in [5.74, 6) is 0.127. The van der Waals surface area contributed by atoms with E-state index >= 15 is 0 Å². The van der Waals surface area contributed by atoms with Crippen LogP contribution in [-0.4, -0.2) is 31.9 Å². The van der Waals surface area contributed by atoms with E-state index < -0.39 is 15.6 Å². The number of rotatable bonds is 2. The lowest BCUT2D eigenvalue weighted by Crippen LogP contribution is -2.48. The van der Waals surface area contributed by atoms with Crippen LogP contribution in [0.4, 0.5) is 0 Å². The van der Waals surface area contributed by atoms with Crippen molar-refractivity contribution in [3.05, 3.63) is 40.8 Å². The van der Waals surface area contributed by atoms with Crippen LogP contribution < -0.4 is 11.4 Å². The molecule has 0 spiro atoms. The van der Waals surface area contributed by atoms with E-state index in [1.807, 2.05) is 6.92 Å². The van der Waals surface area contributed by atoms with Gasteiger partial charge in [-0.1, -0.05) is 6.92 Å². The van der Waals surface area contributed by atoms with Gasteiger partial charge in [0.05, 0.1) is 4.90 Å². The molecule has 0 bridgehead atoms. The Hall–Kier alpha value is -1.41. The lowest BCUT2D eigenvalue weighted by Gasteiger charge is -2.34. The van der Waals surface area contributed by atoms with Crippen molar-refractivity contribution in [3.8, 4) is 0 Å². The second-order valence-electron chi connectivity index (χ2n) is 5.75. The fraction of sp³-hybridized carbons (Fsp3) is 0.400. The number of fused-ring (bicyclic) bond motifs is 1. The van der Waals surface area contributed by atoms with E-state index in [2.05, 4.69) is 0 Å². The molecule has 0 amide bonds. The summed E-state index contributed by atoms with van der Waals surface area (Å²) in [7, 11) is -3.56. The zero-order chi connectivity index (χ0) is 15.9. The molecule has 0 radical (unpaired) electrons. The lowest BCUT2D eigenvalue weighted by atomic mass is 9.96. The highest BCUT2D eigenvalue weighted by molar-refractivity contribution is 7.89. The van der Waals surface area contributed by atoms with E-state index in [9.17, 15) is 13.2 Å². The average Bonchev–Trinajstić information content (AvgIpc) is 2.49. The highest BCUT2D eigenvalue weighted by Gasteiger charge is 2.32. The summed E-state index contributed by atoms with van der Waals surface area (Å²) in [6.07, 6.45) is 0.656. The maximum atomic E-state index is 12.7. The Balaban J connectivity index is 0.00000192. The summed E-state index contributed by atoms with van der Waals surface area (Å²) in [6, 6.07) is 7.41. The molecule has 0 saturated carbocycles. The number of nitrogens with zero attached hydrogens (tertiary/aromatic N) is 1. The molecule has 6 nitrogen and oxygen atoms in total. The van der Waals surface area contributed by atoms with Crippen LogP contribution >= 0.6 is 12.4 Å². The largest absolute Gasteiger partial charge is 0.423 e. The maximum absolute atomic E-state index is 12.7. The number of sulfonamides is 1. The third kappa shape index (κ3) is 3.42. The first kappa shape index (κ1) is 17.9. The number of hydrogen-bond donors (Lipinski definition) is 1. The monoisotopic (exact) mass is 358 g/mol. The first-order valence-electron chi connectivity index (χ1n) is 7.17. The molecule has 126 valence electrons. The molecule has 1 fully saturated rings. The molecule has 2 atom stereocenters. The molecule has 2 unspecified atom stereocenters. The highest BCUT2D eigenvalue weighted by Crippen LogP contribution is 2.25. The molecule has 1 aliphatic rings. The molecule has 1 saturated heterocycles. The van der Waals surface area contributed by atoms with Crippen LogP contribution in [0.3, 0.4) is 0 Å². The van der Waals surface area contributed by atoms with E-state index in [1.165, 1.54) is 28.6 Å². The van der Waals surface area contributed by atoms with E-state index in [0.717, 1.165) is 0 Å². The number of halogens is 1. The minimum absolute atomic E-state index is 0. The molecular weight excluding hydrogens is 340 g/mol. The Labute approximate surface area is 140 Å². The van der Waals surface area contributed by atoms with Gasteiger partial charge < -0.3 is 10.2 Å². The van der Waals surface area contributed by atoms with Gasteiger partial charge in [-0.25, -0.2) is 13.2 Å². The molecule has 8 heteroatoms. The summed E-state index contributed by atoms with van der Waals surface area (Å²) in [5.41, 5.74) is 5.87. The Morgan fingerprint density at radius 2 is 2.00 bits per heavy atom. The SMILES string of the molecule is CC1CN(S(=O)(=O)c2ccc3oc(=O)ccc3c2)CCC1N.Cl. The Morgan fingerprint density at radius 1 is 1.26 bits per heavy atom. The van der Waals surface area contributed by atoms with Gasteiger partial charge in [-0.05, 0) is 36.6 Å². The first-order valence-corrected chi connectivity index (χ1v) is 8.61. The standard InChI is InChI=1S/C15H18N2O4S.ClH/c1-10-9-17(7-6-13(10)16)22(19,20)12-3-4-14-11(8-12)2-5-15(18)21-14;/h2-5,8,10,13H,6-7,9,16H2,1H3;1H. The van der Waals surface area contributed by atoms with Gasteiger partial charge in [0.25, 0.3) is 0 Å². The summed E-state index contributed by atoms with van der Waals surface area (Å²) in [5, 5.41) is 0.586. The van der Waals surface area contributed by atoms with E-state index in [1.54, 1.807) is 6.07 Å². The molecule has 23 heavy (non-hydrogen) atoms. The van der Waals surface area contributed by atoms with Crippen LogP contribution in [0.25, 0.3) is 11.0 Å². The molecule has 2 N–H and O–H groups in total. The second kappa shape index (κ2) is 6.60. The van der Waals surface area contributed by atoms with Crippen LogP contribution in [0, 0.1) is 5.92 Å². The van der Waals surface area contributed by atoms with Gasteiger partial charge in [-0.15, -0.1) is 12.4 Å². The third-order valence-electron chi connectivity index (χ3n) is 4.16. The zero-order valence-corrected chi connectivity index (χ0v) is 14.3. The van der Waals surface area contributed by atoms with Crippen molar-refractivity contribution >= 4 is 33.4 Å². The van der Waals surface area contributed by atoms with Crippen LogP contribution in [0.2, 0.25) is 0 Å². The lowest BCUT2D eigenvalue weighted by molar-refractivity contribution is 0.250. The molecular formula is C15H19ClN2O4S. The van der Waals surface area contributed by atoms with E-state index in [4.69, 9.17) is 10.2 Å². The van der Waals surface area contributed by atoms with Crippen LogP contribution in [0.15, 0.2) is 44.4 Å². The number of benzene rings is 1. The van der Waals surface area contributed by atoms with Crippen LogP contribution in [0.1, 0.15) is 13.3 Å². The van der Waals surface area contributed by atoms with E-state index in [-0.39, 0.29) is 29.3 Å². The first-order chi connectivity index (χ1) is 10.4. The van der Waals surface area contributed by atoms with Crippen molar-refractivity contribution in [1.82, 2.24) is 4.31 Å². The van der Waals surface area contributed by atoms with Gasteiger partial charge >= 0.3 is 5.63 Å². The quantitative estimate of drug-likeness (QED) is 0.822. The molecule has 1 aliphatic heterocycles. The van der Waals surface area contributed by atoms with Crippen molar-refractivity contribution in [3.63, 3.8) is 0 Å². The third-order valence-corrected chi connectivity index (χ3v) is 6.02. The minimum Gasteiger partial charge on any atom is -0.423 e. The van der Waals surface area contributed by atoms with Gasteiger partial charge in [0.2, 0.25) is 10.0 Å². The predicted molar refractivity (Wildman–Crippen MR) is 90.2 cm³/mol. The maximum Gasteiger partial charge on any atom is 0.336 e. The molecule has 3 rings (SSSR count). The molecule has 2 heterocycles. The predicted octanol–water partition coefficient (Wildman–Crippen LogP) is 1.57. The topological polar surface area (TPSA) is 93.6 Å². The van der Waals surface area contributed by atoms with Crippen molar-refractivity contribution in [2.75, 3.05) is 13.1 Å².